The molecule has 0 aliphatic heterocycles. The summed E-state index contributed by atoms with van der Waals surface area (Å²) in [5.41, 5.74) is -1.11. The van der Waals surface area contributed by atoms with Gasteiger partial charge in [-0.1, -0.05) is 0 Å². The molecule has 0 heterocycles. The predicted molar refractivity (Wildman–Crippen MR) is 69.2 cm³/mol. The zero-order valence-corrected chi connectivity index (χ0v) is 10.7. The number of nitrogens with one attached hydrogen (secondary N) is 1. The number of nitrogens with zero attached hydrogens (tertiary/aromatic N) is 1. The van der Waals surface area contributed by atoms with Gasteiger partial charge in [-0.05, 0) is 12.1 Å². The molecule has 0 unspecified atom stereocenters. The highest BCUT2D eigenvalue weighted by Gasteiger charge is 2.17. The highest BCUT2D eigenvalue weighted by Crippen LogP contribution is 2.29. The third-order valence-corrected chi connectivity index (χ3v) is 2.66. The lowest BCUT2D eigenvalue weighted by molar-refractivity contribution is -0.385. The van der Waals surface area contributed by atoms with E-state index in [-0.39, 0.29) is 11.4 Å². The van der Waals surface area contributed by atoms with Crippen molar-refractivity contribution in [3.63, 3.8) is 0 Å². The van der Waals surface area contributed by atoms with Crippen LogP contribution in [0.5, 0.6) is 5.75 Å². The van der Waals surface area contributed by atoms with Crippen molar-refractivity contribution in [2.24, 2.45) is 0 Å². The van der Waals surface area contributed by atoms with E-state index in [1.54, 1.807) is 0 Å². The lowest BCUT2D eigenvalue weighted by Crippen LogP contribution is -2.00. The van der Waals surface area contributed by atoms with Crippen LogP contribution >= 0.6 is 0 Å². The number of hydrogen-bond donors (Lipinski definition) is 1. The first kappa shape index (κ1) is 14.6. The Morgan fingerprint density at radius 1 is 1.10 bits per heavy atom. The van der Waals surface area contributed by atoms with Crippen LogP contribution in [0.15, 0.2) is 30.3 Å². The molecule has 2 aromatic rings. The Morgan fingerprint density at radius 2 is 1.71 bits per heavy atom. The molecular weight excluding hydrogens is 289 g/mol. The smallest absolute Gasteiger partial charge is 0.275 e. The number of ether oxygens (including phenoxy) is 1. The highest BCUT2D eigenvalue weighted by atomic mass is 19.1. The largest absolute Gasteiger partial charge is 0.494 e. The summed E-state index contributed by atoms with van der Waals surface area (Å²) < 4.78 is 45.4. The van der Waals surface area contributed by atoms with Crippen molar-refractivity contribution in [1.29, 1.82) is 0 Å². The van der Waals surface area contributed by atoms with E-state index in [9.17, 15) is 23.3 Å². The third kappa shape index (κ3) is 3.04. The first-order valence-electron chi connectivity index (χ1n) is 5.66. The molecule has 0 aliphatic rings. The molecule has 1 N–H and O–H groups in total. The van der Waals surface area contributed by atoms with Crippen molar-refractivity contribution in [2.75, 3.05) is 12.4 Å². The molecule has 0 aromatic heterocycles. The molecule has 0 atom stereocenters. The molecule has 0 amide bonds. The van der Waals surface area contributed by atoms with Gasteiger partial charge in [-0.25, -0.2) is 13.2 Å². The van der Waals surface area contributed by atoms with Crippen LogP contribution in [0.2, 0.25) is 0 Å². The summed E-state index contributed by atoms with van der Waals surface area (Å²) in [6.45, 7) is 0. The van der Waals surface area contributed by atoms with Gasteiger partial charge in [-0.2, -0.15) is 0 Å². The van der Waals surface area contributed by atoms with Crippen LogP contribution in [-0.2, 0) is 0 Å². The van der Waals surface area contributed by atoms with Crippen molar-refractivity contribution in [3.05, 3.63) is 57.9 Å². The summed E-state index contributed by atoms with van der Waals surface area (Å²) in [6.07, 6.45) is 0. The molecule has 0 bridgehead atoms. The summed E-state index contributed by atoms with van der Waals surface area (Å²) in [5, 5.41) is 12.9. The molecule has 5 nitrogen and oxygen atoms in total. The molecule has 0 aliphatic carbocycles. The average Bonchev–Trinajstić information content (AvgIpc) is 2.44. The second-order valence-corrected chi connectivity index (χ2v) is 4.02. The fraction of sp³-hybridized carbons (Fsp3) is 0.0769. The molecule has 8 heteroatoms. The van der Waals surface area contributed by atoms with Gasteiger partial charge < -0.3 is 10.1 Å². The van der Waals surface area contributed by atoms with E-state index < -0.39 is 33.7 Å². The van der Waals surface area contributed by atoms with Crippen LogP contribution in [0, 0.1) is 27.6 Å². The maximum atomic E-state index is 13.7. The predicted octanol–water partition coefficient (Wildman–Crippen LogP) is 3.76. The lowest BCUT2D eigenvalue weighted by Gasteiger charge is -2.10. The second-order valence-electron chi connectivity index (χ2n) is 4.02. The number of anilines is 2. The summed E-state index contributed by atoms with van der Waals surface area (Å²) >= 11 is 0. The minimum Gasteiger partial charge on any atom is -0.494 e. The van der Waals surface area contributed by atoms with Crippen molar-refractivity contribution in [2.45, 2.75) is 0 Å². The van der Waals surface area contributed by atoms with Gasteiger partial charge in [0, 0.05) is 11.8 Å². The number of hydrogen-bond acceptors (Lipinski definition) is 4. The number of methoxy groups -OCH3 is 1. The van der Waals surface area contributed by atoms with E-state index in [0.717, 1.165) is 6.07 Å². The molecule has 110 valence electrons. The van der Waals surface area contributed by atoms with Gasteiger partial charge >= 0.3 is 0 Å². The number of benzene rings is 2. The SMILES string of the molecule is COc1cc(Nc2c(F)cc([N+](=O)[O-])cc2F)ccc1F. The molecule has 2 rings (SSSR count). The number of nitro benzene ring substituents is 1. The van der Waals surface area contributed by atoms with E-state index in [1.165, 1.54) is 19.2 Å². The van der Waals surface area contributed by atoms with E-state index in [2.05, 4.69) is 5.32 Å². The standard InChI is InChI=1S/C13H9F3N2O3/c1-21-12-4-7(2-3-9(12)14)17-13-10(15)5-8(18(19)20)6-11(13)16/h2-6,17H,1H3. The zero-order chi connectivity index (χ0) is 15.6. The highest BCUT2D eigenvalue weighted by molar-refractivity contribution is 5.64. The van der Waals surface area contributed by atoms with Gasteiger partial charge in [-0.3, -0.25) is 10.1 Å². The van der Waals surface area contributed by atoms with Crippen LogP contribution in [0.4, 0.5) is 30.2 Å². The molecule has 0 saturated carbocycles. The van der Waals surface area contributed by atoms with Crippen LogP contribution in [0.3, 0.4) is 0 Å². The maximum absolute atomic E-state index is 13.7. The normalized spacial score (nSPS) is 10.3. The van der Waals surface area contributed by atoms with E-state index in [0.29, 0.717) is 12.1 Å². The summed E-state index contributed by atoms with van der Waals surface area (Å²) in [4.78, 5) is 9.58. The molecule has 0 spiro atoms. The van der Waals surface area contributed by atoms with Gasteiger partial charge in [0.1, 0.15) is 5.69 Å². The molecule has 21 heavy (non-hydrogen) atoms. The average molecular weight is 298 g/mol. The Kier molecular flexibility index (Phi) is 3.97. The summed E-state index contributed by atoms with van der Waals surface area (Å²) in [6, 6.07) is 4.69. The lowest BCUT2D eigenvalue weighted by atomic mass is 10.2. The fourth-order valence-electron chi connectivity index (χ4n) is 1.67. The maximum Gasteiger partial charge on any atom is 0.275 e. The second kappa shape index (κ2) is 5.70. The fourth-order valence-corrected chi connectivity index (χ4v) is 1.67. The zero-order valence-electron chi connectivity index (χ0n) is 10.7. The van der Waals surface area contributed by atoms with Crippen LogP contribution < -0.4 is 10.1 Å². The Balaban J connectivity index is 2.38. The first-order chi connectivity index (χ1) is 9.92. The molecule has 2 aromatic carbocycles. The van der Waals surface area contributed by atoms with Gasteiger partial charge in [0.25, 0.3) is 5.69 Å². The van der Waals surface area contributed by atoms with Crippen molar-refractivity contribution in [1.82, 2.24) is 0 Å². The summed E-state index contributed by atoms with van der Waals surface area (Å²) in [7, 11) is 1.25. The minimum atomic E-state index is -1.13. The molecular formula is C13H9F3N2O3. The van der Waals surface area contributed by atoms with Crippen molar-refractivity contribution >= 4 is 17.1 Å². The van der Waals surface area contributed by atoms with E-state index in [1.807, 2.05) is 0 Å². The molecule has 0 saturated heterocycles. The first-order valence-corrected chi connectivity index (χ1v) is 5.66. The van der Waals surface area contributed by atoms with Gasteiger partial charge in [0.15, 0.2) is 23.2 Å². The summed E-state index contributed by atoms with van der Waals surface area (Å²) in [5.74, 6) is -3.01. The monoisotopic (exact) mass is 298 g/mol. The molecule has 0 radical (unpaired) electrons. The number of non-ortho nitro benzene ring substituents is 1. The van der Waals surface area contributed by atoms with Gasteiger partial charge in [0.05, 0.1) is 24.2 Å². The Morgan fingerprint density at radius 3 is 2.24 bits per heavy atom. The third-order valence-electron chi connectivity index (χ3n) is 2.66. The number of rotatable bonds is 4. The van der Waals surface area contributed by atoms with E-state index >= 15 is 0 Å². The van der Waals surface area contributed by atoms with Crippen molar-refractivity contribution in [3.8, 4) is 5.75 Å². The van der Waals surface area contributed by atoms with Crippen molar-refractivity contribution < 1.29 is 22.8 Å². The minimum absolute atomic E-state index is 0.109. The topological polar surface area (TPSA) is 64.4 Å². The quantitative estimate of drug-likeness (QED) is 0.689. The van der Waals surface area contributed by atoms with Gasteiger partial charge in [0.2, 0.25) is 0 Å². The van der Waals surface area contributed by atoms with Crippen LogP contribution in [0.1, 0.15) is 0 Å². The Hall–Kier alpha value is -2.77. The van der Waals surface area contributed by atoms with Gasteiger partial charge in [-0.15, -0.1) is 0 Å². The van der Waals surface area contributed by atoms with Crippen LogP contribution in [-0.4, -0.2) is 12.0 Å². The Bertz CT molecular complexity index is 684. The van der Waals surface area contributed by atoms with Crippen LogP contribution in [0.25, 0.3) is 0 Å². The number of nitro groups is 1. The molecule has 0 fully saturated rings. The Labute approximate surface area is 117 Å². The number of halogens is 3. The van der Waals surface area contributed by atoms with E-state index in [4.69, 9.17) is 4.74 Å².